The van der Waals surface area contributed by atoms with Gasteiger partial charge in [0, 0.05) is 18.7 Å². The zero-order valence-electron chi connectivity index (χ0n) is 11.2. The molecule has 0 saturated heterocycles. The van der Waals surface area contributed by atoms with Gasteiger partial charge in [-0.25, -0.2) is 0 Å². The molecule has 1 aromatic rings. The summed E-state index contributed by atoms with van der Waals surface area (Å²) in [6.07, 6.45) is 4.15. The van der Waals surface area contributed by atoms with Crippen molar-refractivity contribution in [2.45, 2.75) is 32.7 Å². The summed E-state index contributed by atoms with van der Waals surface area (Å²) >= 11 is 0. The molecule has 3 heteroatoms. The number of benzene rings is 1. The molecule has 0 amide bonds. The van der Waals surface area contributed by atoms with E-state index in [-0.39, 0.29) is 5.84 Å². The van der Waals surface area contributed by atoms with Crippen LogP contribution in [0.1, 0.15) is 37.3 Å². The maximum atomic E-state index is 7.63. The van der Waals surface area contributed by atoms with Crippen molar-refractivity contribution >= 4 is 5.84 Å². The van der Waals surface area contributed by atoms with Crippen LogP contribution in [0.4, 0.5) is 0 Å². The lowest BCUT2D eigenvalue weighted by Gasteiger charge is -2.32. The quantitative estimate of drug-likeness (QED) is 0.598. The van der Waals surface area contributed by atoms with E-state index >= 15 is 0 Å². The van der Waals surface area contributed by atoms with Gasteiger partial charge >= 0.3 is 0 Å². The van der Waals surface area contributed by atoms with E-state index in [1.165, 1.54) is 31.4 Å². The number of hydrogen-bond acceptors (Lipinski definition) is 2. The topological polar surface area (TPSA) is 53.1 Å². The second-order valence-electron chi connectivity index (χ2n) is 5.20. The van der Waals surface area contributed by atoms with Crippen LogP contribution in [-0.4, -0.2) is 23.8 Å². The lowest BCUT2D eigenvalue weighted by atomic mass is 9.85. The maximum Gasteiger partial charge on any atom is 0.123 e. The van der Waals surface area contributed by atoms with Gasteiger partial charge in [-0.2, -0.15) is 0 Å². The molecule has 1 fully saturated rings. The molecule has 0 aromatic heterocycles. The van der Waals surface area contributed by atoms with Gasteiger partial charge in [0.25, 0.3) is 0 Å². The monoisotopic (exact) mass is 245 g/mol. The number of hydrogen-bond donors (Lipinski definition) is 2. The smallest absolute Gasteiger partial charge is 0.123 e. The summed E-state index contributed by atoms with van der Waals surface area (Å²) in [5.74, 6) is 1.06. The number of nitrogens with zero attached hydrogens (tertiary/aromatic N) is 1. The fourth-order valence-electron chi connectivity index (χ4n) is 2.51. The largest absolute Gasteiger partial charge is 0.384 e. The molecule has 0 unspecified atom stereocenters. The minimum atomic E-state index is 0.172. The predicted octanol–water partition coefficient (Wildman–Crippen LogP) is 2.59. The standard InChI is InChI=1S/C15H23N3/c1-2-18(10-12-6-5-7-12)11-13-8-3-4-9-14(13)15(16)17/h3-4,8-9,12H,2,5-7,10-11H2,1H3,(H3,16,17). The first-order chi connectivity index (χ1) is 8.70. The van der Waals surface area contributed by atoms with Gasteiger partial charge in [-0.1, -0.05) is 37.6 Å². The molecule has 1 aliphatic rings. The first-order valence-electron chi connectivity index (χ1n) is 6.85. The fourth-order valence-corrected chi connectivity index (χ4v) is 2.51. The highest BCUT2D eigenvalue weighted by Gasteiger charge is 2.20. The molecule has 3 N–H and O–H groups in total. The Bertz CT molecular complexity index is 410. The van der Waals surface area contributed by atoms with Gasteiger partial charge in [-0.05, 0) is 30.9 Å². The molecule has 0 heterocycles. The molecular weight excluding hydrogens is 222 g/mol. The van der Waals surface area contributed by atoms with Crippen molar-refractivity contribution in [1.82, 2.24) is 4.90 Å². The van der Waals surface area contributed by atoms with E-state index in [1.54, 1.807) is 0 Å². The molecule has 2 rings (SSSR count). The maximum absolute atomic E-state index is 7.63. The van der Waals surface area contributed by atoms with Crippen molar-refractivity contribution in [3.8, 4) is 0 Å². The SMILES string of the molecule is CCN(Cc1ccccc1C(=N)N)CC1CCC1. The minimum absolute atomic E-state index is 0.172. The highest BCUT2D eigenvalue weighted by atomic mass is 15.1. The zero-order chi connectivity index (χ0) is 13.0. The fraction of sp³-hybridized carbons (Fsp3) is 0.533. The summed E-state index contributed by atoms with van der Waals surface area (Å²) in [6, 6.07) is 8.00. The molecule has 1 aromatic carbocycles. The molecule has 1 aliphatic carbocycles. The molecular formula is C15H23N3. The Balaban J connectivity index is 2.03. The van der Waals surface area contributed by atoms with Crippen molar-refractivity contribution in [1.29, 1.82) is 5.41 Å². The minimum Gasteiger partial charge on any atom is -0.384 e. The Hall–Kier alpha value is -1.35. The molecule has 98 valence electrons. The first-order valence-corrected chi connectivity index (χ1v) is 6.85. The van der Waals surface area contributed by atoms with Crippen molar-refractivity contribution < 1.29 is 0 Å². The highest BCUT2D eigenvalue weighted by Crippen LogP contribution is 2.27. The lowest BCUT2D eigenvalue weighted by molar-refractivity contribution is 0.178. The van der Waals surface area contributed by atoms with Gasteiger partial charge in [0.2, 0.25) is 0 Å². The summed E-state index contributed by atoms with van der Waals surface area (Å²) in [5.41, 5.74) is 7.69. The van der Waals surface area contributed by atoms with Gasteiger partial charge in [0.05, 0.1) is 0 Å². The van der Waals surface area contributed by atoms with Crippen LogP contribution in [0.15, 0.2) is 24.3 Å². The summed E-state index contributed by atoms with van der Waals surface area (Å²) < 4.78 is 0. The van der Waals surface area contributed by atoms with E-state index in [0.29, 0.717) is 0 Å². The van der Waals surface area contributed by atoms with E-state index in [2.05, 4.69) is 17.9 Å². The summed E-state index contributed by atoms with van der Waals surface area (Å²) in [5, 5.41) is 7.63. The second kappa shape index (κ2) is 6.01. The lowest BCUT2D eigenvalue weighted by Crippen LogP contribution is -2.32. The van der Waals surface area contributed by atoms with Gasteiger partial charge in [-0.3, -0.25) is 10.3 Å². The van der Waals surface area contributed by atoms with Crippen LogP contribution < -0.4 is 5.73 Å². The van der Waals surface area contributed by atoms with Crippen LogP contribution in [0.2, 0.25) is 0 Å². The van der Waals surface area contributed by atoms with Crippen LogP contribution in [0, 0.1) is 11.3 Å². The van der Waals surface area contributed by atoms with E-state index in [9.17, 15) is 0 Å². The Morgan fingerprint density at radius 2 is 2.11 bits per heavy atom. The zero-order valence-corrected chi connectivity index (χ0v) is 11.2. The number of nitrogen functional groups attached to an aromatic ring is 1. The van der Waals surface area contributed by atoms with Crippen LogP contribution >= 0.6 is 0 Å². The Kier molecular flexibility index (Phi) is 4.37. The molecule has 0 bridgehead atoms. The van der Waals surface area contributed by atoms with Gasteiger partial charge < -0.3 is 5.73 Å². The first kappa shape index (κ1) is 13.1. The third-order valence-electron chi connectivity index (χ3n) is 3.89. The van der Waals surface area contributed by atoms with Crippen LogP contribution in [0.3, 0.4) is 0 Å². The second-order valence-corrected chi connectivity index (χ2v) is 5.20. The third-order valence-corrected chi connectivity index (χ3v) is 3.89. The molecule has 1 saturated carbocycles. The van der Waals surface area contributed by atoms with Gasteiger partial charge in [0.1, 0.15) is 5.84 Å². The Labute approximate surface area is 109 Å². The van der Waals surface area contributed by atoms with Crippen molar-refractivity contribution in [3.63, 3.8) is 0 Å². The molecule has 0 radical (unpaired) electrons. The third kappa shape index (κ3) is 3.10. The van der Waals surface area contributed by atoms with Gasteiger partial charge in [0.15, 0.2) is 0 Å². The number of rotatable bonds is 6. The van der Waals surface area contributed by atoms with Crippen LogP contribution in [-0.2, 0) is 6.54 Å². The van der Waals surface area contributed by atoms with Crippen LogP contribution in [0.25, 0.3) is 0 Å². The molecule has 0 atom stereocenters. The van der Waals surface area contributed by atoms with Gasteiger partial charge in [-0.15, -0.1) is 0 Å². The molecule has 0 aliphatic heterocycles. The number of nitrogens with two attached hydrogens (primary N) is 1. The van der Waals surface area contributed by atoms with Crippen molar-refractivity contribution in [3.05, 3.63) is 35.4 Å². The average Bonchev–Trinajstić information content (AvgIpc) is 2.32. The van der Waals surface area contributed by atoms with E-state index < -0.39 is 0 Å². The molecule has 0 spiro atoms. The number of nitrogens with one attached hydrogen (secondary N) is 1. The average molecular weight is 245 g/mol. The van der Waals surface area contributed by atoms with E-state index in [4.69, 9.17) is 11.1 Å². The Morgan fingerprint density at radius 3 is 2.67 bits per heavy atom. The predicted molar refractivity (Wildman–Crippen MR) is 75.8 cm³/mol. The molecule has 18 heavy (non-hydrogen) atoms. The van der Waals surface area contributed by atoms with E-state index in [1.807, 2.05) is 18.2 Å². The van der Waals surface area contributed by atoms with Crippen molar-refractivity contribution in [2.75, 3.05) is 13.1 Å². The summed E-state index contributed by atoms with van der Waals surface area (Å²) in [7, 11) is 0. The normalized spacial score (nSPS) is 15.7. The van der Waals surface area contributed by atoms with E-state index in [0.717, 1.165) is 24.6 Å². The summed E-state index contributed by atoms with van der Waals surface area (Å²) in [6.45, 7) is 5.35. The van der Waals surface area contributed by atoms with Crippen LogP contribution in [0.5, 0.6) is 0 Å². The molecule has 3 nitrogen and oxygen atoms in total. The highest BCUT2D eigenvalue weighted by molar-refractivity contribution is 5.96. The Morgan fingerprint density at radius 1 is 1.39 bits per heavy atom. The number of amidine groups is 1. The van der Waals surface area contributed by atoms with Crippen molar-refractivity contribution in [2.24, 2.45) is 11.7 Å². The summed E-state index contributed by atoms with van der Waals surface area (Å²) in [4.78, 5) is 2.46.